The van der Waals surface area contributed by atoms with Gasteiger partial charge < -0.3 is 30.4 Å². The number of methoxy groups -OCH3 is 1. The lowest BCUT2D eigenvalue weighted by Crippen LogP contribution is -2.46. The van der Waals surface area contributed by atoms with Crippen molar-refractivity contribution in [2.45, 2.75) is 97.3 Å². The van der Waals surface area contributed by atoms with E-state index < -0.39 is 18.1 Å². The van der Waals surface area contributed by atoms with E-state index in [1.165, 1.54) is 6.07 Å². The van der Waals surface area contributed by atoms with Crippen molar-refractivity contribution in [1.82, 2.24) is 5.32 Å². The molecule has 1 amide bonds. The van der Waals surface area contributed by atoms with Gasteiger partial charge in [-0.05, 0) is 67.6 Å². The topological polar surface area (TPSA) is 103 Å². The van der Waals surface area contributed by atoms with Crippen LogP contribution in [0.4, 0.5) is 8.78 Å². The molecule has 7 nitrogen and oxygen atoms in total. The van der Waals surface area contributed by atoms with Gasteiger partial charge in [-0.3, -0.25) is 4.79 Å². The van der Waals surface area contributed by atoms with Crippen LogP contribution in [0.2, 0.25) is 0 Å². The second-order valence-corrected chi connectivity index (χ2v) is 12.1. The fourth-order valence-electron chi connectivity index (χ4n) is 5.23. The van der Waals surface area contributed by atoms with Crippen LogP contribution in [0.25, 0.3) is 0 Å². The lowest BCUT2D eigenvalue weighted by molar-refractivity contribution is -0.129. The molecule has 0 spiro atoms. The lowest BCUT2D eigenvalue weighted by Gasteiger charge is -2.31. The first-order valence-electron chi connectivity index (χ1n) is 14.8. The van der Waals surface area contributed by atoms with E-state index in [-0.39, 0.29) is 53.5 Å². The van der Waals surface area contributed by atoms with Crippen molar-refractivity contribution in [2.75, 3.05) is 33.5 Å². The Morgan fingerprint density at radius 2 is 1.82 bits per heavy atom. The number of carbonyl (C=O) groups excluding carboxylic acids is 1. The van der Waals surface area contributed by atoms with Gasteiger partial charge >= 0.3 is 0 Å². The van der Waals surface area contributed by atoms with Crippen LogP contribution in [-0.4, -0.2) is 62.7 Å². The van der Waals surface area contributed by atoms with Gasteiger partial charge in [0.15, 0.2) is 0 Å². The van der Waals surface area contributed by atoms with E-state index >= 15 is 0 Å². The van der Waals surface area contributed by atoms with Gasteiger partial charge in [-0.25, -0.2) is 8.78 Å². The van der Waals surface area contributed by atoms with Crippen LogP contribution in [0.3, 0.4) is 0 Å². The third kappa shape index (κ3) is 11.2. The highest BCUT2D eigenvalue weighted by Gasteiger charge is 2.32. The molecule has 1 unspecified atom stereocenters. The van der Waals surface area contributed by atoms with Gasteiger partial charge in [0.2, 0.25) is 5.91 Å². The molecule has 1 heterocycles. The molecule has 0 bridgehead atoms. The molecule has 1 aromatic carbocycles. The first kappa shape index (κ1) is 34.4. The molecule has 1 aliphatic rings. The Morgan fingerprint density at radius 1 is 1.15 bits per heavy atom. The van der Waals surface area contributed by atoms with Crippen molar-refractivity contribution in [2.24, 2.45) is 29.4 Å². The third-order valence-electron chi connectivity index (χ3n) is 7.98. The Kier molecular flexibility index (Phi) is 14.3. The first-order chi connectivity index (χ1) is 18.8. The number of halogens is 2. The molecule has 0 aliphatic carbocycles. The largest absolute Gasteiger partial charge is 0.493 e. The number of carbonyl (C=O) groups is 1. The summed E-state index contributed by atoms with van der Waals surface area (Å²) in [4.78, 5) is 13.0. The molecular weight excluding hydrogens is 518 g/mol. The molecule has 1 aliphatic heterocycles. The van der Waals surface area contributed by atoms with Crippen molar-refractivity contribution in [3.8, 4) is 5.75 Å². The van der Waals surface area contributed by atoms with E-state index in [1.807, 2.05) is 13.8 Å². The molecule has 4 atom stereocenters. The zero-order valence-corrected chi connectivity index (χ0v) is 25.3. The minimum absolute atomic E-state index is 0.0422. The predicted octanol–water partition coefficient (Wildman–Crippen LogP) is 5.06. The summed E-state index contributed by atoms with van der Waals surface area (Å²) in [5.74, 6) is -2.82. The van der Waals surface area contributed by atoms with E-state index in [2.05, 4.69) is 19.2 Å². The molecule has 0 saturated carbocycles. The summed E-state index contributed by atoms with van der Waals surface area (Å²) in [5, 5.41) is 14.2. The Bertz CT molecular complexity index is 887. The molecule has 40 heavy (non-hydrogen) atoms. The fraction of sp³-hybridized carbons (Fsp3) is 0.774. The van der Waals surface area contributed by atoms with Crippen LogP contribution in [0.15, 0.2) is 18.2 Å². The van der Waals surface area contributed by atoms with E-state index in [0.717, 1.165) is 25.3 Å². The molecule has 9 heteroatoms. The van der Waals surface area contributed by atoms with Crippen LogP contribution < -0.4 is 15.8 Å². The molecular formula is C31H52F2N2O5. The second kappa shape index (κ2) is 16.6. The number of nitrogens with one attached hydrogen (secondary N) is 1. The summed E-state index contributed by atoms with van der Waals surface area (Å²) in [6.45, 7) is 11.1. The van der Waals surface area contributed by atoms with Crippen molar-refractivity contribution in [3.63, 3.8) is 0 Å². The number of nitrogens with two attached hydrogens (primary N) is 1. The average Bonchev–Trinajstić information content (AvgIpc) is 2.88. The van der Waals surface area contributed by atoms with Crippen LogP contribution in [0, 0.1) is 23.7 Å². The van der Waals surface area contributed by atoms with Crippen molar-refractivity contribution in [1.29, 1.82) is 0 Å². The summed E-state index contributed by atoms with van der Waals surface area (Å²) >= 11 is 0. The Balaban J connectivity index is 2.07. The molecule has 2 rings (SSSR count). The molecule has 1 fully saturated rings. The number of rotatable bonds is 17. The SMILES string of the molecule is COCCCOc1cc(CC(C[C@H](N)[C@@H](O)C[C@H](C(=O)NC2CCOCC2)C(C)C)C(C)C)ccc1C(C)(F)F. The summed E-state index contributed by atoms with van der Waals surface area (Å²) in [5.41, 5.74) is 7.26. The Labute approximate surface area is 239 Å². The smallest absolute Gasteiger partial charge is 0.274 e. The quantitative estimate of drug-likeness (QED) is 0.226. The van der Waals surface area contributed by atoms with Crippen LogP contribution in [0.1, 0.15) is 77.8 Å². The zero-order chi connectivity index (χ0) is 29.9. The zero-order valence-electron chi connectivity index (χ0n) is 25.3. The first-order valence-corrected chi connectivity index (χ1v) is 14.8. The number of ether oxygens (including phenoxy) is 3. The lowest BCUT2D eigenvalue weighted by atomic mass is 9.80. The number of alkyl halides is 2. The summed E-state index contributed by atoms with van der Waals surface area (Å²) < 4.78 is 44.6. The van der Waals surface area contributed by atoms with Gasteiger partial charge in [0, 0.05) is 58.3 Å². The number of hydrogen-bond acceptors (Lipinski definition) is 6. The highest BCUT2D eigenvalue weighted by Crippen LogP contribution is 2.36. The second-order valence-electron chi connectivity index (χ2n) is 12.1. The molecule has 230 valence electrons. The Hall–Kier alpha value is -1.81. The van der Waals surface area contributed by atoms with Gasteiger partial charge in [0.05, 0.1) is 18.3 Å². The van der Waals surface area contributed by atoms with Gasteiger partial charge in [-0.2, -0.15) is 0 Å². The van der Waals surface area contributed by atoms with E-state index in [0.29, 0.717) is 45.5 Å². The number of aliphatic hydroxyl groups excluding tert-OH is 1. The van der Waals surface area contributed by atoms with Crippen LogP contribution in [0.5, 0.6) is 5.75 Å². The maximum atomic E-state index is 14.2. The highest BCUT2D eigenvalue weighted by molar-refractivity contribution is 5.79. The monoisotopic (exact) mass is 570 g/mol. The van der Waals surface area contributed by atoms with Gasteiger partial charge in [0.25, 0.3) is 5.92 Å². The molecule has 4 N–H and O–H groups in total. The van der Waals surface area contributed by atoms with E-state index in [9.17, 15) is 18.7 Å². The van der Waals surface area contributed by atoms with Crippen LogP contribution in [-0.2, 0) is 26.6 Å². The van der Waals surface area contributed by atoms with Crippen molar-refractivity contribution in [3.05, 3.63) is 29.3 Å². The summed E-state index contributed by atoms with van der Waals surface area (Å²) in [6.07, 6.45) is 2.80. The maximum absolute atomic E-state index is 14.2. The van der Waals surface area contributed by atoms with Crippen molar-refractivity contribution >= 4 is 5.91 Å². The minimum atomic E-state index is -3.02. The summed E-state index contributed by atoms with van der Waals surface area (Å²) in [6, 6.07) is 4.45. The van der Waals surface area contributed by atoms with Gasteiger partial charge in [0.1, 0.15) is 5.75 Å². The highest BCUT2D eigenvalue weighted by atomic mass is 19.3. The van der Waals surface area contributed by atoms with Crippen LogP contribution >= 0.6 is 0 Å². The maximum Gasteiger partial charge on any atom is 0.274 e. The minimum Gasteiger partial charge on any atom is -0.493 e. The van der Waals surface area contributed by atoms with Crippen molar-refractivity contribution < 1.29 is 32.9 Å². The number of benzene rings is 1. The fourth-order valence-corrected chi connectivity index (χ4v) is 5.23. The predicted molar refractivity (Wildman–Crippen MR) is 154 cm³/mol. The molecule has 1 saturated heterocycles. The normalized spacial score (nSPS) is 18.0. The Morgan fingerprint density at radius 3 is 2.40 bits per heavy atom. The van der Waals surface area contributed by atoms with Gasteiger partial charge in [-0.1, -0.05) is 33.8 Å². The summed E-state index contributed by atoms with van der Waals surface area (Å²) in [7, 11) is 1.59. The average molecular weight is 571 g/mol. The number of hydrogen-bond donors (Lipinski definition) is 3. The van der Waals surface area contributed by atoms with Gasteiger partial charge in [-0.15, -0.1) is 0 Å². The third-order valence-corrected chi connectivity index (χ3v) is 7.98. The standard InChI is InChI=1S/C31H52F2N2O5/c1-20(2)23(16-22-8-9-26(31(5,32)33)29(17-22)40-13-7-12-38-6)18-27(34)28(36)19-25(21(3)4)30(37)35-24-10-14-39-15-11-24/h8-9,17,20-21,23-25,27-28,36H,7,10-16,18-19,34H2,1-6H3,(H,35,37)/t23?,25-,27-,28-/m0/s1. The number of amides is 1. The van der Waals surface area contributed by atoms with E-state index in [4.69, 9.17) is 19.9 Å². The number of aliphatic hydroxyl groups is 1. The molecule has 0 aromatic heterocycles. The molecule has 0 radical (unpaired) electrons. The van der Waals surface area contributed by atoms with E-state index in [1.54, 1.807) is 19.2 Å². The molecule has 1 aromatic rings.